The van der Waals surface area contributed by atoms with E-state index in [2.05, 4.69) is 5.16 Å². The Bertz CT molecular complexity index is 779. The third-order valence-electron chi connectivity index (χ3n) is 3.44. The maximum Gasteiger partial charge on any atom is 0.170 e. The summed E-state index contributed by atoms with van der Waals surface area (Å²) in [5, 5.41) is 30.3. The molecule has 0 aliphatic heterocycles. The number of phenols is 1. The van der Waals surface area contributed by atoms with Crippen molar-refractivity contribution in [3.63, 3.8) is 0 Å². The first kappa shape index (κ1) is 16.2. The smallest absolute Gasteiger partial charge is 0.170 e. The fourth-order valence-corrected chi connectivity index (χ4v) is 2.09. The van der Waals surface area contributed by atoms with Crippen LogP contribution in [0.3, 0.4) is 0 Å². The average molecular weight is 311 g/mol. The van der Waals surface area contributed by atoms with Crippen molar-refractivity contribution >= 4 is 5.84 Å². The van der Waals surface area contributed by atoms with Gasteiger partial charge in [-0.1, -0.05) is 23.4 Å². The van der Waals surface area contributed by atoms with Gasteiger partial charge in [-0.2, -0.15) is 5.26 Å². The molecule has 0 fully saturated rings. The third kappa shape index (κ3) is 3.92. The quantitative estimate of drug-likeness (QED) is 0.339. The normalized spacial score (nSPS) is 11.0. The van der Waals surface area contributed by atoms with Gasteiger partial charge < -0.3 is 20.8 Å². The van der Waals surface area contributed by atoms with Crippen molar-refractivity contribution in [2.75, 3.05) is 6.61 Å². The van der Waals surface area contributed by atoms with Crippen LogP contribution in [0.4, 0.5) is 0 Å². The summed E-state index contributed by atoms with van der Waals surface area (Å²) in [6.07, 6.45) is 0.491. The van der Waals surface area contributed by atoms with E-state index in [-0.39, 0.29) is 11.6 Å². The molecule has 0 atom stereocenters. The fourth-order valence-electron chi connectivity index (χ4n) is 2.09. The average Bonchev–Trinajstić information content (AvgIpc) is 2.57. The van der Waals surface area contributed by atoms with E-state index < -0.39 is 0 Å². The Morgan fingerprint density at radius 1 is 1.30 bits per heavy atom. The van der Waals surface area contributed by atoms with Crippen molar-refractivity contribution in [2.24, 2.45) is 10.9 Å². The summed E-state index contributed by atoms with van der Waals surface area (Å²) >= 11 is 0. The highest BCUT2D eigenvalue weighted by Crippen LogP contribution is 2.22. The molecule has 0 aliphatic carbocycles. The maximum absolute atomic E-state index is 9.86. The first-order chi connectivity index (χ1) is 11.0. The number of nitriles is 1. The number of hydrogen-bond donors (Lipinski definition) is 3. The summed E-state index contributed by atoms with van der Waals surface area (Å²) in [6.45, 7) is 2.24. The number of nitrogens with two attached hydrogens (primary N) is 1. The molecule has 2 rings (SSSR count). The number of aromatic hydroxyl groups is 1. The lowest BCUT2D eigenvalue weighted by molar-refractivity contribution is 0.316. The number of ether oxygens (including phenoxy) is 1. The van der Waals surface area contributed by atoms with Crippen LogP contribution in [0.5, 0.6) is 11.5 Å². The van der Waals surface area contributed by atoms with Gasteiger partial charge >= 0.3 is 0 Å². The Morgan fingerprint density at radius 3 is 2.74 bits per heavy atom. The highest BCUT2D eigenvalue weighted by molar-refractivity contribution is 5.97. The molecule has 6 nitrogen and oxygen atoms in total. The molecule has 0 spiro atoms. The van der Waals surface area contributed by atoms with Crippen LogP contribution in [0.25, 0.3) is 0 Å². The Kier molecular flexibility index (Phi) is 5.05. The summed E-state index contributed by atoms with van der Waals surface area (Å²) in [5.74, 6) is 0.719. The fraction of sp³-hybridized carbons (Fsp3) is 0.176. The zero-order chi connectivity index (χ0) is 16.8. The minimum Gasteiger partial charge on any atom is -0.508 e. The topological polar surface area (TPSA) is 112 Å². The maximum atomic E-state index is 9.86. The van der Waals surface area contributed by atoms with Gasteiger partial charge in [0.2, 0.25) is 0 Å². The molecule has 0 heterocycles. The van der Waals surface area contributed by atoms with Crippen LogP contribution < -0.4 is 10.5 Å². The van der Waals surface area contributed by atoms with E-state index in [9.17, 15) is 5.11 Å². The molecule has 4 N–H and O–H groups in total. The molecule has 0 saturated heterocycles. The van der Waals surface area contributed by atoms with E-state index in [1.54, 1.807) is 24.3 Å². The Morgan fingerprint density at radius 2 is 2.09 bits per heavy atom. The molecule has 0 aromatic heterocycles. The molecule has 0 saturated carbocycles. The molecule has 6 heteroatoms. The van der Waals surface area contributed by atoms with Gasteiger partial charge in [0, 0.05) is 12.0 Å². The number of phenolic OH excluding ortho intramolecular Hbond substituents is 1. The Labute approximate surface area is 134 Å². The number of hydrogen-bond acceptors (Lipinski definition) is 5. The summed E-state index contributed by atoms with van der Waals surface area (Å²) < 4.78 is 5.72. The summed E-state index contributed by atoms with van der Waals surface area (Å²) in [7, 11) is 0. The molecular weight excluding hydrogens is 294 g/mol. The van der Waals surface area contributed by atoms with Crippen LogP contribution in [0.2, 0.25) is 0 Å². The van der Waals surface area contributed by atoms with E-state index in [0.717, 1.165) is 5.56 Å². The molecule has 2 aromatic carbocycles. The van der Waals surface area contributed by atoms with Crippen molar-refractivity contribution in [2.45, 2.75) is 13.3 Å². The molecule has 0 unspecified atom stereocenters. The molecule has 0 bridgehead atoms. The van der Waals surface area contributed by atoms with Crippen LogP contribution in [-0.2, 0) is 6.42 Å². The van der Waals surface area contributed by atoms with Crippen LogP contribution in [-0.4, -0.2) is 22.8 Å². The Hall–Kier alpha value is -3.20. The minimum absolute atomic E-state index is 0.0135. The predicted octanol–water partition coefficient (Wildman–Crippen LogP) is 2.29. The van der Waals surface area contributed by atoms with Gasteiger partial charge in [-0.3, -0.25) is 0 Å². The van der Waals surface area contributed by atoms with Crippen LogP contribution >= 0.6 is 0 Å². The zero-order valence-corrected chi connectivity index (χ0v) is 12.7. The van der Waals surface area contributed by atoms with Gasteiger partial charge in [-0.15, -0.1) is 0 Å². The van der Waals surface area contributed by atoms with Crippen molar-refractivity contribution in [3.8, 4) is 17.6 Å². The Balaban J connectivity index is 2.06. The minimum atomic E-state index is 0.0135. The highest BCUT2D eigenvalue weighted by Gasteiger charge is 2.07. The van der Waals surface area contributed by atoms with Crippen LogP contribution in [0.15, 0.2) is 41.6 Å². The van der Waals surface area contributed by atoms with Gasteiger partial charge in [-0.25, -0.2) is 0 Å². The lowest BCUT2D eigenvalue weighted by Crippen LogP contribution is -2.13. The summed E-state index contributed by atoms with van der Waals surface area (Å²) in [6, 6.07) is 12.0. The van der Waals surface area contributed by atoms with E-state index in [1.807, 2.05) is 19.1 Å². The van der Waals surface area contributed by atoms with E-state index in [1.165, 1.54) is 6.07 Å². The first-order valence-corrected chi connectivity index (χ1v) is 6.98. The lowest BCUT2D eigenvalue weighted by atomic mass is 10.1. The van der Waals surface area contributed by atoms with Crippen molar-refractivity contribution in [1.82, 2.24) is 0 Å². The molecule has 0 aliphatic rings. The largest absolute Gasteiger partial charge is 0.508 e. The number of amidine groups is 1. The third-order valence-corrected chi connectivity index (χ3v) is 3.44. The number of benzene rings is 2. The summed E-state index contributed by atoms with van der Waals surface area (Å²) in [4.78, 5) is 0. The second-order valence-electron chi connectivity index (χ2n) is 5.02. The van der Waals surface area contributed by atoms with Gasteiger partial charge in [0.15, 0.2) is 5.84 Å². The molecule has 23 heavy (non-hydrogen) atoms. The first-order valence-electron chi connectivity index (χ1n) is 6.98. The number of aryl methyl sites for hydroxylation is 1. The number of nitrogens with zero attached hydrogens (tertiary/aromatic N) is 2. The second kappa shape index (κ2) is 7.18. The van der Waals surface area contributed by atoms with Crippen LogP contribution in [0, 0.1) is 18.3 Å². The standard InChI is InChI=1S/C17H17N3O3/c1-11-2-4-14(17(19)20-22)9-16(11)23-7-6-13-5-3-12(10-18)8-15(13)21/h2-5,8-9,21-22H,6-7H2,1H3,(H2,19,20). The zero-order valence-electron chi connectivity index (χ0n) is 12.7. The highest BCUT2D eigenvalue weighted by atomic mass is 16.5. The number of rotatable bonds is 5. The van der Waals surface area contributed by atoms with E-state index in [4.69, 9.17) is 20.9 Å². The molecule has 2 aromatic rings. The molecule has 0 radical (unpaired) electrons. The SMILES string of the molecule is Cc1ccc(/C(N)=N/O)cc1OCCc1ccc(C#N)cc1O. The van der Waals surface area contributed by atoms with Gasteiger partial charge in [0.05, 0.1) is 18.2 Å². The van der Waals surface area contributed by atoms with Gasteiger partial charge in [-0.05, 0) is 36.2 Å². The van der Waals surface area contributed by atoms with Crippen molar-refractivity contribution in [1.29, 1.82) is 5.26 Å². The predicted molar refractivity (Wildman–Crippen MR) is 85.7 cm³/mol. The number of oxime groups is 1. The van der Waals surface area contributed by atoms with Gasteiger partial charge in [0.25, 0.3) is 0 Å². The molecule has 118 valence electrons. The second-order valence-corrected chi connectivity index (χ2v) is 5.02. The molecule has 0 amide bonds. The monoisotopic (exact) mass is 311 g/mol. The van der Waals surface area contributed by atoms with Crippen molar-refractivity contribution < 1.29 is 15.1 Å². The summed E-state index contributed by atoms with van der Waals surface area (Å²) in [5.41, 5.74) is 8.16. The molecular formula is C17H17N3O3. The lowest BCUT2D eigenvalue weighted by Gasteiger charge is -2.11. The van der Waals surface area contributed by atoms with Gasteiger partial charge in [0.1, 0.15) is 11.5 Å². The van der Waals surface area contributed by atoms with Crippen LogP contribution in [0.1, 0.15) is 22.3 Å². The van der Waals surface area contributed by atoms with Crippen molar-refractivity contribution in [3.05, 3.63) is 58.7 Å². The van der Waals surface area contributed by atoms with E-state index >= 15 is 0 Å². The van der Waals surface area contributed by atoms with E-state index in [0.29, 0.717) is 35.5 Å².